The topological polar surface area (TPSA) is 126 Å². The number of thiophene rings is 1. The largest absolute Gasteiger partial charge is 0.493 e. The van der Waals surface area contributed by atoms with Crippen LogP contribution in [0.5, 0.6) is 5.75 Å². The fraction of sp³-hybridized carbons (Fsp3) is 0.270. The molecule has 0 radical (unpaired) electrons. The molecule has 1 saturated heterocycles. The van der Waals surface area contributed by atoms with Gasteiger partial charge < -0.3 is 19.4 Å². The second-order valence-corrected chi connectivity index (χ2v) is 14.0. The normalized spacial score (nSPS) is 17.6. The van der Waals surface area contributed by atoms with E-state index < -0.39 is 17.4 Å². The summed E-state index contributed by atoms with van der Waals surface area (Å²) in [4.78, 5) is 38.8. The first-order chi connectivity index (χ1) is 24.8. The Balaban J connectivity index is 1.20. The zero-order chi connectivity index (χ0) is 35.0. The molecule has 2 aliphatic heterocycles. The molecule has 2 atom stereocenters. The lowest BCUT2D eigenvalue weighted by Gasteiger charge is -2.17. The van der Waals surface area contributed by atoms with Gasteiger partial charge in [0.25, 0.3) is 11.8 Å². The molecule has 0 unspecified atom stereocenters. The maximum Gasteiger partial charge on any atom is 0.434 e. The van der Waals surface area contributed by atoms with Gasteiger partial charge >= 0.3 is 5.76 Å². The molecular weight excluding hydrogens is 682 g/mol. The summed E-state index contributed by atoms with van der Waals surface area (Å²) in [6, 6.07) is 10.8. The van der Waals surface area contributed by atoms with Crippen molar-refractivity contribution in [1.29, 1.82) is 0 Å². The first-order valence-corrected chi connectivity index (χ1v) is 17.5. The minimum absolute atomic E-state index is 0.0129. The van der Waals surface area contributed by atoms with Gasteiger partial charge in [-0.15, -0.1) is 16.4 Å². The van der Waals surface area contributed by atoms with Gasteiger partial charge in [-0.1, -0.05) is 12.1 Å². The molecule has 1 fully saturated rings. The fourth-order valence-corrected chi connectivity index (χ4v) is 9.01. The summed E-state index contributed by atoms with van der Waals surface area (Å²) < 4.78 is 54.4. The van der Waals surface area contributed by atoms with Crippen LogP contribution >= 0.6 is 11.3 Å². The molecule has 6 aromatic rings. The number of aromatic amines is 1. The molecular formula is C37H29F3N6O4S. The number of aryl methyl sites for hydroxylation is 2. The second-order valence-electron chi connectivity index (χ2n) is 13.0. The molecule has 2 N–H and O–H groups in total. The third kappa shape index (κ3) is 5.10. The number of methoxy groups -OCH3 is 1. The van der Waals surface area contributed by atoms with Gasteiger partial charge in [-0.05, 0) is 85.4 Å². The molecule has 10 nitrogen and oxygen atoms in total. The van der Waals surface area contributed by atoms with Crippen LogP contribution in [-0.4, -0.2) is 44.6 Å². The Hall–Kier alpha value is -5.50. The van der Waals surface area contributed by atoms with Crippen molar-refractivity contribution < 1.29 is 27.1 Å². The van der Waals surface area contributed by atoms with Crippen molar-refractivity contribution in [1.82, 2.24) is 25.1 Å². The third-order valence-electron chi connectivity index (χ3n) is 10.1. The summed E-state index contributed by atoms with van der Waals surface area (Å²) in [5.74, 6) is -2.71. The minimum atomic E-state index is -1.000. The third-order valence-corrected chi connectivity index (χ3v) is 11.3. The summed E-state index contributed by atoms with van der Waals surface area (Å²) in [5.41, 5.74) is 4.88. The second kappa shape index (κ2) is 12.1. The van der Waals surface area contributed by atoms with Gasteiger partial charge in [-0.25, -0.2) is 23.7 Å². The van der Waals surface area contributed by atoms with Gasteiger partial charge in [0.15, 0.2) is 11.6 Å². The Labute approximate surface area is 292 Å². The zero-order valence-electron chi connectivity index (χ0n) is 27.2. The minimum Gasteiger partial charge on any atom is -0.493 e. The zero-order valence-corrected chi connectivity index (χ0v) is 28.0. The molecule has 0 saturated carbocycles. The fourth-order valence-electron chi connectivity index (χ4n) is 7.85. The first kappa shape index (κ1) is 31.5. The molecule has 258 valence electrons. The molecule has 1 amide bonds. The molecule has 51 heavy (non-hydrogen) atoms. The number of halogens is 3. The predicted molar refractivity (Wildman–Crippen MR) is 183 cm³/mol. The monoisotopic (exact) mass is 710 g/mol. The summed E-state index contributed by atoms with van der Waals surface area (Å²) in [7, 11) is 1.33. The molecule has 14 heteroatoms. The van der Waals surface area contributed by atoms with Gasteiger partial charge in [0.1, 0.15) is 11.6 Å². The van der Waals surface area contributed by atoms with Gasteiger partial charge in [-0.2, -0.15) is 4.39 Å². The van der Waals surface area contributed by atoms with Crippen molar-refractivity contribution in [2.45, 2.75) is 50.6 Å². The highest BCUT2D eigenvalue weighted by molar-refractivity contribution is 7.23. The van der Waals surface area contributed by atoms with Crippen LogP contribution in [0.15, 0.2) is 57.9 Å². The van der Waals surface area contributed by atoms with Crippen LogP contribution in [0.4, 0.5) is 19.0 Å². The Morgan fingerprint density at radius 3 is 2.69 bits per heavy atom. The van der Waals surface area contributed by atoms with Crippen LogP contribution in [0.3, 0.4) is 0 Å². The maximum absolute atomic E-state index is 14.6. The van der Waals surface area contributed by atoms with Crippen molar-refractivity contribution in [2.75, 3.05) is 19.0 Å². The number of amides is 1. The number of fused-ring (bicyclic) bond motifs is 5. The van der Waals surface area contributed by atoms with Gasteiger partial charge in [0, 0.05) is 28.7 Å². The Bertz CT molecular complexity index is 2440. The van der Waals surface area contributed by atoms with Crippen molar-refractivity contribution in [3.63, 3.8) is 0 Å². The van der Waals surface area contributed by atoms with E-state index in [2.05, 4.69) is 20.5 Å². The number of H-pyrrole nitrogens is 1. The van der Waals surface area contributed by atoms with Gasteiger partial charge in [-0.3, -0.25) is 9.78 Å². The van der Waals surface area contributed by atoms with E-state index in [1.807, 2.05) is 17.0 Å². The number of carbonyl (C=O) groups is 1. The Morgan fingerprint density at radius 1 is 1.06 bits per heavy atom. The average Bonchev–Trinajstić information content (AvgIpc) is 3.97. The number of ether oxygens (including phenoxy) is 1. The van der Waals surface area contributed by atoms with Crippen LogP contribution in [0.1, 0.15) is 69.8 Å². The quantitative estimate of drug-likeness (QED) is 0.169. The number of benzene rings is 2. The van der Waals surface area contributed by atoms with E-state index >= 15 is 0 Å². The predicted octanol–water partition coefficient (Wildman–Crippen LogP) is 7.30. The number of aromatic nitrogens is 4. The number of pyridine rings is 2. The molecule has 4 aromatic heterocycles. The molecule has 3 aliphatic rings. The van der Waals surface area contributed by atoms with Crippen molar-refractivity contribution >= 4 is 33.1 Å². The number of hydrogen-bond acceptors (Lipinski definition) is 9. The molecule has 1 aliphatic carbocycles. The van der Waals surface area contributed by atoms with Gasteiger partial charge in [0.2, 0.25) is 5.82 Å². The van der Waals surface area contributed by atoms with Crippen LogP contribution in [0.25, 0.3) is 32.0 Å². The van der Waals surface area contributed by atoms with E-state index in [0.717, 1.165) is 33.4 Å². The first-order valence-electron chi connectivity index (χ1n) is 16.7. The lowest BCUT2D eigenvalue weighted by atomic mass is 9.93. The highest BCUT2D eigenvalue weighted by Gasteiger charge is 2.45. The van der Waals surface area contributed by atoms with Crippen molar-refractivity contribution in [3.8, 4) is 27.6 Å². The molecule has 9 rings (SSSR count). The number of anilines is 1. The standard InChI is InChI=1S/C37H29F3N6O4S/c1-49-32-20-9-11-23(21(20)16-22(39)30(32)40)43-34-33-18(12-13-41-34)15-26(51-33)28-27(35-44-45-37(48)50-35)24(10-6-17-4-7-19(38)8-5-17)42-31-25-3-2-14-46(25)36(47)29(28)31/h4-5,7-8,12-13,15-16,23,25H,2-3,6,9-11,14H2,1H3,(H,41,43)(H,45,48)/t23-,25-/m1/s1. The molecule has 0 spiro atoms. The maximum atomic E-state index is 14.6. The van der Waals surface area contributed by atoms with E-state index in [9.17, 15) is 22.8 Å². The SMILES string of the molecule is COc1c(F)c(F)cc2c1CC[C@H]2Nc1nccc2cc(-c3c4c(nc(CCc5ccc(F)cc5)c3-c3n[nH]c(=O)o3)[C@H]3CCCN3C4=O)sc12. The molecule has 6 heterocycles. The lowest BCUT2D eigenvalue weighted by molar-refractivity contribution is 0.0776. The highest BCUT2D eigenvalue weighted by Crippen LogP contribution is 2.50. The van der Waals surface area contributed by atoms with E-state index in [0.29, 0.717) is 77.3 Å². The van der Waals surface area contributed by atoms with E-state index in [1.165, 1.54) is 36.6 Å². The van der Waals surface area contributed by atoms with Crippen molar-refractivity contribution in [2.24, 2.45) is 0 Å². The van der Waals surface area contributed by atoms with Crippen LogP contribution in [0.2, 0.25) is 0 Å². The number of rotatable bonds is 8. The molecule has 2 aromatic carbocycles. The van der Waals surface area contributed by atoms with Crippen molar-refractivity contribution in [3.05, 3.63) is 110 Å². The Kier molecular flexibility index (Phi) is 7.45. The van der Waals surface area contributed by atoms with E-state index in [-0.39, 0.29) is 35.4 Å². The van der Waals surface area contributed by atoms with Gasteiger partial charge in [0.05, 0.1) is 46.4 Å². The smallest absolute Gasteiger partial charge is 0.434 e. The number of hydrogen-bond donors (Lipinski definition) is 2. The number of carbonyl (C=O) groups excluding carboxylic acids is 1. The van der Waals surface area contributed by atoms with Crippen LogP contribution in [-0.2, 0) is 19.3 Å². The Morgan fingerprint density at radius 2 is 1.90 bits per heavy atom. The van der Waals surface area contributed by atoms with Crippen LogP contribution in [0, 0.1) is 17.5 Å². The van der Waals surface area contributed by atoms with E-state index in [4.69, 9.17) is 14.1 Å². The summed E-state index contributed by atoms with van der Waals surface area (Å²) in [5, 5.41) is 10.9. The lowest BCUT2D eigenvalue weighted by Crippen LogP contribution is -2.22. The summed E-state index contributed by atoms with van der Waals surface area (Å²) in [6.45, 7) is 0.611. The highest BCUT2D eigenvalue weighted by atomic mass is 32.1. The summed E-state index contributed by atoms with van der Waals surface area (Å²) >= 11 is 1.41. The summed E-state index contributed by atoms with van der Waals surface area (Å²) in [6.07, 6.45) is 5.31. The van der Waals surface area contributed by atoms with Crippen LogP contribution < -0.4 is 15.8 Å². The molecule has 0 bridgehead atoms. The average molecular weight is 711 g/mol. The van der Waals surface area contributed by atoms with E-state index in [1.54, 1.807) is 18.3 Å². The number of nitrogens with zero attached hydrogens (tertiary/aromatic N) is 4. The number of nitrogens with one attached hydrogen (secondary N) is 2.